The summed E-state index contributed by atoms with van der Waals surface area (Å²) in [6, 6.07) is 1.28. The first-order chi connectivity index (χ1) is 7.66. The Morgan fingerprint density at radius 2 is 1.94 bits per heavy atom. The predicted molar refractivity (Wildman–Crippen MR) is 53.4 cm³/mol. The highest BCUT2D eigenvalue weighted by Gasteiger charge is 2.19. The Labute approximate surface area is 91.3 Å². The molecule has 1 fully saturated rings. The van der Waals surface area contributed by atoms with Gasteiger partial charge in [0, 0.05) is 32.0 Å². The molecule has 0 unspecified atom stereocenters. The van der Waals surface area contributed by atoms with Crippen LogP contribution in [0, 0.1) is 0 Å². The number of anilines is 1. The normalized spacial score (nSPS) is 16.9. The maximum atomic E-state index is 12.4. The van der Waals surface area contributed by atoms with Gasteiger partial charge in [0.15, 0.2) is 0 Å². The SMILES string of the molecule is O=C1CCN(c2cc(C(F)F)ncn2)CC1. The number of aromatic nitrogens is 2. The summed E-state index contributed by atoms with van der Waals surface area (Å²) in [5, 5.41) is 0. The number of hydrogen-bond acceptors (Lipinski definition) is 4. The number of alkyl halides is 2. The molecule has 1 aromatic heterocycles. The summed E-state index contributed by atoms with van der Waals surface area (Å²) in [5.41, 5.74) is -0.276. The third-order valence-corrected chi connectivity index (χ3v) is 2.54. The Kier molecular flexibility index (Phi) is 3.07. The lowest BCUT2D eigenvalue weighted by Gasteiger charge is -2.26. The Morgan fingerprint density at radius 1 is 1.25 bits per heavy atom. The lowest BCUT2D eigenvalue weighted by Crippen LogP contribution is -2.34. The summed E-state index contributed by atoms with van der Waals surface area (Å²) in [4.78, 5) is 20.3. The highest BCUT2D eigenvalue weighted by molar-refractivity contribution is 5.80. The van der Waals surface area contributed by atoms with Gasteiger partial charge in [-0.25, -0.2) is 18.7 Å². The van der Waals surface area contributed by atoms with Crippen molar-refractivity contribution in [1.82, 2.24) is 9.97 Å². The van der Waals surface area contributed by atoms with Gasteiger partial charge < -0.3 is 4.90 Å². The fourth-order valence-corrected chi connectivity index (χ4v) is 1.64. The molecular formula is C10H11F2N3O. The Bertz CT molecular complexity index is 387. The molecule has 0 saturated carbocycles. The first kappa shape index (κ1) is 10.9. The lowest BCUT2D eigenvalue weighted by molar-refractivity contribution is -0.119. The predicted octanol–water partition coefficient (Wildman–Crippen LogP) is 1.58. The first-order valence-corrected chi connectivity index (χ1v) is 5.03. The number of ketones is 1. The minimum Gasteiger partial charge on any atom is -0.356 e. The smallest absolute Gasteiger partial charge is 0.280 e. The van der Waals surface area contributed by atoms with Crippen LogP contribution in [-0.2, 0) is 4.79 Å². The molecule has 6 heteroatoms. The summed E-state index contributed by atoms with van der Waals surface area (Å²) >= 11 is 0. The van der Waals surface area contributed by atoms with Crippen LogP contribution in [0.1, 0.15) is 25.0 Å². The zero-order chi connectivity index (χ0) is 11.5. The molecule has 1 saturated heterocycles. The van der Waals surface area contributed by atoms with Gasteiger partial charge in [-0.05, 0) is 0 Å². The number of piperidine rings is 1. The van der Waals surface area contributed by atoms with Crippen molar-refractivity contribution in [1.29, 1.82) is 0 Å². The number of halogens is 2. The van der Waals surface area contributed by atoms with E-state index in [1.807, 2.05) is 4.90 Å². The van der Waals surface area contributed by atoms with Crippen LogP contribution in [0.4, 0.5) is 14.6 Å². The summed E-state index contributed by atoms with van der Waals surface area (Å²) in [7, 11) is 0. The van der Waals surface area contributed by atoms with Crippen molar-refractivity contribution in [3.63, 3.8) is 0 Å². The highest BCUT2D eigenvalue weighted by Crippen LogP contribution is 2.21. The molecule has 16 heavy (non-hydrogen) atoms. The van der Waals surface area contributed by atoms with E-state index in [1.54, 1.807) is 0 Å². The molecule has 0 N–H and O–H groups in total. The molecule has 0 aromatic carbocycles. The average molecular weight is 227 g/mol. The zero-order valence-electron chi connectivity index (χ0n) is 8.57. The largest absolute Gasteiger partial charge is 0.356 e. The van der Waals surface area contributed by atoms with Crippen molar-refractivity contribution in [2.24, 2.45) is 0 Å². The number of nitrogens with zero attached hydrogens (tertiary/aromatic N) is 3. The Balaban J connectivity index is 2.14. The maximum absolute atomic E-state index is 12.4. The fraction of sp³-hybridized carbons (Fsp3) is 0.500. The third kappa shape index (κ3) is 2.32. The quantitative estimate of drug-likeness (QED) is 0.769. The summed E-state index contributed by atoms with van der Waals surface area (Å²) in [5.74, 6) is 0.678. The van der Waals surface area contributed by atoms with Crippen LogP contribution in [0.2, 0.25) is 0 Å². The minimum atomic E-state index is -2.59. The van der Waals surface area contributed by atoms with Crippen molar-refractivity contribution in [3.8, 4) is 0 Å². The van der Waals surface area contributed by atoms with Crippen LogP contribution >= 0.6 is 0 Å². The number of rotatable bonds is 2. The molecule has 0 spiro atoms. The molecule has 0 amide bonds. The molecule has 2 heterocycles. The van der Waals surface area contributed by atoms with Crippen molar-refractivity contribution >= 4 is 11.6 Å². The molecule has 0 radical (unpaired) electrons. The van der Waals surface area contributed by atoms with E-state index in [0.29, 0.717) is 31.7 Å². The van der Waals surface area contributed by atoms with Gasteiger partial charge in [0.25, 0.3) is 6.43 Å². The van der Waals surface area contributed by atoms with E-state index in [4.69, 9.17) is 0 Å². The molecule has 0 atom stereocenters. The van der Waals surface area contributed by atoms with Crippen molar-refractivity contribution in [2.45, 2.75) is 19.3 Å². The van der Waals surface area contributed by atoms with Gasteiger partial charge in [0.05, 0.1) is 0 Å². The van der Waals surface area contributed by atoms with E-state index in [-0.39, 0.29) is 11.5 Å². The van der Waals surface area contributed by atoms with Gasteiger partial charge in [0.2, 0.25) is 0 Å². The number of carbonyl (C=O) groups is 1. The average Bonchev–Trinajstić information content (AvgIpc) is 2.30. The van der Waals surface area contributed by atoms with Crippen LogP contribution in [0.25, 0.3) is 0 Å². The van der Waals surface area contributed by atoms with Crippen LogP contribution in [0.5, 0.6) is 0 Å². The standard InChI is InChI=1S/C10H11F2N3O/c11-10(12)8-5-9(14-6-13-8)15-3-1-7(16)2-4-15/h5-6,10H,1-4H2. The second-order valence-corrected chi connectivity index (χ2v) is 3.63. The third-order valence-electron chi connectivity index (χ3n) is 2.54. The van der Waals surface area contributed by atoms with Crippen molar-refractivity contribution in [2.75, 3.05) is 18.0 Å². The topological polar surface area (TPSA) is 46.1 Å². The molecule has 1 aliphatic heterocycles. The van der Waals surface area contributed by atoms with Gasteiger partial charge in [-0.1, -0.05) is 0 Å². The van der Waals surface area contributed by atoms with E-state index in [2.05, 4.69) is 9.97 Å². The summed E-state index contributed by atoms with van der Waals surface area (Å²) < 4.78 is 24.8. The number of carbonyl (C=O) groups excluding carboxylic acids is 1. The molecule has 1 aliphatic rings. The highest BCUT2D eigenvalue weighted by atomic mass is 19.3. The maximum Gasteiger partial charge on any atom is 0.280 e. The Hall–Kier alpha value is -1.59. The van der Waals surface area contributed by atoms with Crippen molar-refractivity contribution < 1.29 is 13.6 Å². The molecule has 4 nitrogen and oxygen atoms in total. The van der Waals surface area contributed by atoms with E-state index < -0.39 is 6.43 Å². The van der Waals surface area contributed by atoms with Gasteiger partial charge in [-0.3, -0.25) is 4.79 Å². The van der Waals surface area contributed by atoms with E-state index in [9.17, 15) is 13.6 Å². The number of Topliss-reactive ketones (excluding diaryl/α,β-unsaturated/α-hetero) is 1. The van der Waals surface area contributed by atoms with Crippen LogP contribution < -0.4 is 4.90 Å². The molecule has 0 bridgehead atoms. The van der Waals surface area contributed by atoms with Gasteiger partial charge in [-0.15, -0.1) is 0 Å². The van der Waals surface area contributed by atoms with E-state index in [0.717, 1.165) is 6.33 Å². The van der Waals surface area contributed by atoms with E-state index in [1.165, 1.54) is 6.07 Å². The van der Waals surface area contributed by atoms with Crippen LogP contribution in [0.15, 0.2) is 12.4 Å². The first-order valence-electron chi connectivity index (χ1n) is 5.03. The lowest BCUT2D eigenvalue weighted by atomic mass is 10.1. The molecule has 2 rings (SSSR count). The second-order valence-electron chi connectivity index (χ2n) is 3.63. The fourth-order valence-electron chi connectivity index (χ4n) is 1.64. The molecule has 0 aliphatic carbocycles. The molecule has 1 aromatic rings. The van der Waals surface area contributed by atoms with Crippen LogP contribution in [-0.4, -0.2) is 28.8 Å². The minimum absolute atomic E-state index is 0.208. The summed E-state index contributed by atoms with van der Waals surface area (Å²) in [6.07, 6.45) is -0.553. The van der Waals surface area contributed by atoms with Crippen LogP contribution in [0.3, 0.4) is 0 Å². The second kappa shape index (κ2) is 4.51. The Morgan fingerprint density at radius 3 is 2.56 bits per heavy atom. The van der Waals surface area contributed by atoms with Gasteiger partial charge in [0.1, 0.15) is 23.6 Å². The van der Waals surface area contributed by atoms with E-state index >= 15 is 0 Å². The molecular weight excluding hydrogens is 216 g/mol. The summed E-state index contributed by atoms with van der Waals surface area (Å²) in [6.45, 7) is 1.08. The molecule has 86 valence electrons. The van der Waals surface area contributed by atoms with Gasteiger partial charge in [-0.2, -0.15) is 0 Å². The zero-order valence-corrected chi connectivity index (χ0v) is 8.57. The van der Waals surface area contributed by atoms with Gasteiger partial charge >= 0.3 is 0 Å². The number of hydrogen-bond donors (Lipinski definition) is 0. The van der Waals surface area contributed by atoms with Crippen molar-refractivity contribution in [3.05, 3.63) is 18.1 Å². The monoisotopic (exact) mass is 227 g/mol.